The molecular weight excluding hydrogens is 430 g/mol. The van der Waals surface area contributed by atoms with Gasteiger partial charge in [0.1, 0.15) is 0 Å². The molecule has 0 heterocycles. The minimum Gasteiger partial charge on any atom is -0.384 e. The Morgan fingerprint density at radius 3 is 2.83 bits per heavy atom. The molecule has 3 nitrogen and oxygen atoms in total. The molecule has 0 aliphatic heterocycles. The van der Waals surface area contributed by atoms with Crippen molar-refractivity contribution in [3.8, 4) is 0 Å². The summed E-state index contributed by atoms with van der Waals surface area (Å²) in [5.41, 5.74) is 0.627. The van der Waals surface area contributed by atoms with E-state index in [1.54, 1.807) is 13.2 Å². The average Bonchev–Trinajstić information content (AvgIpc) is 2.32. The maximum Gasteiger partial charge on any atom is 0.252 e. The first-order chi connectivity index (χ1) is 8.54. The summed E-state index contributed by atoms with van der Waals surface area (Å²) >= 11 is 10.2. The molecule has 0 aliphatic carbocycles. The van der Waals surface area contributed by atoms with Crippen molar-refractivity contribution in [3.63, 3.8) is 0 Å². The molecule has 1 rings (SSSR count). The van der Waals surface area contributed by atoms with Crippen molar-refractivity contribution in [1.82, 2.24) is 5.32 Å². The highest BCUT2D eigenvalue weighted by Crippen LogP contribution is 2.21. The van der Waals surface area contributed by atoms with Crippen LogP contribution >= 0.6 is 47.8 Å². The van der Waals surface area contributed by atoms with Crippen molar-refractivity contribution in [1.29, 1.82) is 0 Å². The molecule has 1 N–H and O–H groups in total. The second-order valence-corrected chi connectivity index (χ2v) is 6.79. The number of hydrogen-bond donors (Lipinski definition) is 1. The fraction of sp³-hybridized carbons (Fsp3) is 0.417. The molecule has 0 saturated heterocycles. The van der Waals surface area contributed by atoms with Crippen molar-refractivity contribution >= 4 is 53.7 Å². The Morgan fingerprint density at radius 1 is 1.44 bits per heavy atom. The lowest BCUT2D eigenvalue weighted by atomic mass is 10.2. The number of methoxy groups -OCH3 is 1. The number of nitrogens with one attached hydrogen (secondary N) is 1. The molecule has 0 fully saturated rings. The van der Waals surface area contributed by atoms with Crippen LogP contribution in [0.4, 0.5) is 0 Å². The number of benzene rings is 1. The minimum absolute atomic E-state index is 0.0831. The standard InChI is InChI=1S/C12H14Br3NO2/c1-18-7-9(14)4-5-16-12(17)10-6-8(13)2-3-11(10)15/h2-3,6,9H,4-5,7H2,1H3,(H,16,17). The van der Waals surface area contributed by atoms with Crippen molar-refractivity contribution in [2.45, 2.75) is 11.2 Å². The summed E-state index contributed by atoms with van der Waals surface area (Å²) in [5, 5.41) is 2.88. The molecule has 1 atom stereocenters. The third-order valence-electron chi connectivity index (χ3n) is 2.26. The molecule has 0 aromatic heterocycles. The van der Waals surface area contributed by atoms with Gasteiger partial charge in [0, 0.05) is 27.4 Å². The van der Waals surface area contributed by atoms with E-state index >= 15 is 0 Å². The fourth-order valence-electron chi connectivity index (χ4n) is 1.37. The third kappa shape index (κ3) is 5.38. The smallest absolute Gasteiger partial charge is 0.252 e. The highest BCUT2D eigenvalue weighted by molar-refractivity contribution is 9.11. The van der Waals surface area contributed by atoms with E-state index in [4.69, 9.17) is 4.74 Å². The number of ether oxygens (including phenoxy) is 1. The second kappa shape index (κ2) is 8.30. The van der Waals surface area contributed by atoms with Crippen LogP contribution in [-0.2, 0) is 4.74 Å². The van der Waals surface area contributed by atoms with Crippen LogP contribution in [0.15, 0.2) is 27.1 Å². The summed E-state index contributed by atoms with van der Waals surface area (Å²) in [6.45, 7) is 1.24. The third-order valence-corrected chi connectivity index (χ3v) is 4.17. The highest BCUT2D eigenvalue weighted by atomic mass is 79.9. The number of carbonyl (C=O) groups is 1. The number of hydrogen-bond acceptors (Lipinski definition) is 2. The average molecular weight is 444 g/mol. The monoisotopic (exact) mass is 441 g/mol. The van der Waals surface area contributed by atoms with Gasteiger partial charge in [-0.05, 0) is 40.5 Å². The van der Waals surface area contributed by atoms with Gasteiger partial charge in [-0.3, -0.25) is 4.79 Å². The molecule has 0 spiro atoms. The lowest BCUT2D eigenvalue weighted by Crippen LogP contribution is -2.27. The van der Waals surface area contributed by atoms with Gasteiger partial charge < -0.3 is 10.1 Å². The lowest BCUT2D eigenvalue weighted by molar-refractivity contribution is 0.0951. The zero-order valence-electron chi connectivity index (χ0n) is 9.88. The summed E-state index contributed by atoms with van der Waals surface area (Å²) in [7, 11) is 1.66. The van der Waals surface area contributed by atoms with Crippen LogP contribution in [0, 0.1) is 0 Å². The normalized spacial score (nSPS) is 12.2. The molecular formula is C12H14Br3NO2. The molecule has 18 heavy (non-hydrogen) atoms. The molecule has 0 radical (unpaired) electrons. The molecule has 0 aliphatic rings. The molecule has 1 aromatic rings. The van der Waals surface area contributed by atoms with Crippen LogP contribution in [0.25, 0.3) is 0 Å². The minimum atomic E-state index is -0.0831. The van der Waals surface area contributed by atoms with Crippen molar-refractivity contribution in [2.24, 2.45) is 0 Å². The van der Waals surface area contributed by atoms with E-state index in [0.717, 1.165) is 15.4 Å². The number of halogens is 3. The Morgan fingerprint density at radius 2 is 2.17 bits per heavy atom. The highest BCUT2D eigenvalue weighted by Gasteiger charge is 2.11. The quantitative estimate of drug-likeness (QED) is 0.680. The van der Waals surface area contributed by atoms with Gasteiger partial charge in [-0.15, -0.1) is 0 Å². The summed E-state index contributed by atoms with van der Waals surface area (Å²) in [6, 6.07) is 5.52. The van der Waals surface area contributed by atoms with E-state index in [-0.39, 0.29) is 10.7 Å². The van der Waals surface area contributed by atoms with Crippen molar-refractivity contribution in [3.05, 3.63) is 32.7 Å². The van der Waals surface area contributed by atoms with Crippen LogP contribution in [0.2, 0.25) is 0 Å². The van der Waals surface area contributed by atoms with E-state index < -0.39 is 0 Å². The van der Waals surface area contributed by atoms with E-state index in [9.17, 15) is 4.79 Å². The van der Waals surface area contributed by atoms with Gasteiger partial charge in [0.05, 0.1) is 12.2 Å². The Bertz CT molecular complexity index is 412. The van der Waals surface area contributed by atoms with Gasteiger partial charge in [0.15, 0.2) is 0 Å². The Kier molecular flexibility index (Phi) is 7.44. The van der Waals surface area contributed by atoms with Gasteiger partial charge >= 0.3 is 0 Å². The Hall–Kier alpha value is 0.0900. The summed E-state index contributed by atoms with van der Waals surface area (Å²) in [6.07, 6.45) is 0.825. The molecule has 6 heteroatoms. The van der Waals surface area contributed by atoms with E-state index in [1.165, 1.54) is 0 Å². The topological polar surface area (TPSA) is 38.3 Å². The first kappa shape index (κ1) is 16.1. The molecule has 100 valence electrons. The number of amides is 1. The largest absolute Gasteiger partial charge is 0.384 e. The van der Waals surface area contributed by atoms with E-state index in [1.807, 2.05) is 12.1 Å². The van der Waals surface area contributed by atoms with E-state index in [2.05, 4.69) is 53.1 Å². The van der Waals surface area contributed by atoms with Gasteiger partial charge in [-0.25, -0.2) is 0 Å². The fourth-order valence-corrected chi connectivity index (χ4v) is 2.65. The Labute approximate surface area is 132 Å². The van der Waals surface area contributed by atoms with Gasteiger partial charge in [-0.2, -0.15) is 0 Å². The van der Waals surface area contributed by atoms with Crippen LogP contribution in [-0.4, -0.2) is 31.0 Å². The molecule has 0 saturated carbocycles. The predicted octanol–water partition coefficient (Wildman–Crippen LogP) is 3.74. The molecule has 1 aromatic carbocycles. The Balaban J connectivity index is 2.48. The van der Waals surface area contributed by atoms with Gasteiger partial charge in [0.25, 0.3) is 5.91 Å². The maximum atomic E-state index is 11.9. The van der Waals surface area contributed by atoms with Crippen LogP contribution in [0.3, 0.4) is 0 Å². The number of rotatable bonds is 6. The number of carbonyl (C=O) groups excluding carboxylic acids is 1. The van der Waals surface area contributed by atoms with Gasteiger partial charge in [-0.1, -0.05) is 31.9 Å². The molecule has 1 unspecified atom stereocenters. The van der Waals surface area contributed by atoms with E-state index in [0.29, 0.717) is 18.7 Å². The molecule has 1 amide bonds. The molecule has 0 bridgehead atoms. The first-order valence-electron chi connectivity index (χ1n) is 5.41. The zero-order chi connectivity index (χ0) is 13.5. The summed E-state index contributed by atoms with van der Waals surface area (Å²) in [4.78, 5) is 12.2. The SMILES string of the molecule is COCC(Br)CCNC(=O)c1cc(Br)ccc1Br. The van der Waals surface area contributed by atoms with Crippen molar-refractivity contribution in [2.75, 3.05) is 20.3 Å². The van der Waals surface area contributed by atoms with Crippen LogP contribution < -0.4 is 5.32 Å². The first-order valence-corrected chi connectivity index (χ1v) is 7.91. The number of alkyl halides is 1. The maximum absolute atomic E-state index is 11.9. The van der Waals surface area contributed by atoms with Gasteiger partial charge in [0.2, 0.25) is 0 Å². The van der Waals surface area contributed by atoms with Crippen molar-refractivity contribution < 1.29 is 9.53 Å². The van der Waals surface area contributed by atoms with Crippen LogP contribution in [0.1, 0.15) is 16.8 Å². The summed E-state index contributed by atoms with van der Waals surface area (Å²) in [5.74, 6) is -0.0831. The predicted molar refractivity (Wildman–Crippen MR) is 83.4 cm³/mol. The summed E-state index contributed by atoms with van der Waals surface area (Å²) < 4.78 is 6.68. The van der Waals surface area contributed by atoms with Crippen LogP contribution in [0.5, 0.6) is 0 Å². The second-order valence-electron chi connectivity index (χ2n) is 3.72. The zero-order valence-corrected chi connectivity index (χ0v) is 14.6. The lowest BCUT2D eigenvalue weighted by Gasteiger charge is -2.10.